The smallest absolute Gasteiger partial charge is 0.303 e. The van der Waals surface area contributed by atoms with Crippen LogP contribution in [-0.2, 0) is 28.6 Å². The van der Waals surface area contributed by atoms with Crippen molar-refractivity contribution in [1.82, 2.24) is 0 Å². The number of hydrogen-bond acceptors (Lipinski definition) is 6. The maximum atomic E-state index is 12.1. The van der Waals surface area contributed by atoms with Gasteiger partial charge in [-0.1, -0.05) is 26.0 Å². The number of carbonyl (C=O) groups is 3. The molecular weight excluding hydrogens is 408 g/mol. The van der Waals surface area contributed by atoms with E-state index in [1.54, 1.807) is 0 Å². The molecule has 0 heterocycles. The van der Waals surface area contributed by atoms with Gasteiger partial charge in [0.15, 0.2) is 6.10 Å². The normalized spacial score (nSPS) is 37.4. The van der Waals surface area contributed by atoms with E-state index >= 15 is 0 Å². The summed E-state index contributed by atoms with van der Waals surface area (Å²) in [5.41, 5.74) is 2.84. The Labute approximate surface area is 191 Å². The molecule has 0 amide bonds. The molecule has 178 valence electrons. The maximum Gasteiger partial charge on any atom is 0.303 e. The summed E-state index contributed by atoms with van der Waals surface area (Å²) in [7, 11) is 0. The number of ether oxygens (including phenoxy) is 3. The van der Waals surface area contributed by atoms with Crippen molar-refractivity contribution in [2.45, 2.75) is 98.4 Å². The molecule has 32 heavy (non-hydrogen) atoms. The van der Waals surface area contributed by atoms with Crippen LogP contribution in [-0.4, -0.2) is 36.2 Å². The molecule has 0 aromatic carbocycles. The number of hydrogen-bond donors (Lipinski definition) is 0. The van der Waals surface area contributed by atoms with E-state index in [-0.39, 0.29) is 35.8 Å². The monoisotopic (exact) mass is 446 g/mol. The highest BCUT2D eigenvalue weighted by Crippen LogP contribution is 2.60. The fraction of sp³-hybridized carbons (Fsp3) is 0.731. The van der Waals surface area contributed by atoms with Crippen LogP contribution in [0.3, 0.4) is 0 Å². The van der Waals surface area contributed by atoms with Gasteiger partial charge < -0.3 is 14.2 Å². The Morgan fingerprint density at radius 1 is 0.938 bits per heavy atom. The Morgan fingerprint density at radius 2 is 1.56 bits per heavy atom. The summed E-state index contributed by atoms with van der Waals surface area (Å²) in [6.07, 6.45) is 3.63. The zero-order valence-corrected chi connectivity index (χ0v) is 20.4. The first-order valence-corrected chi connectivity index (χ1v) is 11.9. The van der Waals surface area contributed by atoms with Crippen molar-refractivity contribution in [1.29, 1.82) is 0 Å². The van der Waals surface area contributed by atoms with Crippen LogP contribution < -0.4 is 0 Å². The van der Waals surface area contributed by atoms with E-state index in [1.807, 2.05) is 0 Å². The van der Waals surface area contributed by atoms with Gasteiger partial charge in [0.2, 0.25) is 0 Å². The summed E-state index contributed by atoms with van der Waals surface area (Å²) in [5.74, 6) is -0.424. The van der Waals surface area contributed by atoms with Gasteiger partial charge in [0.05, 0.1) is 0 Å². The molecule has 2 bridgehead atoms. The van der Waals surface area contributed by atoms with Crippen molar-refractivity contribution in [2.75, 3.05) is 0 Å². The summed E-state index contributed by atoms with van der Waals surface area (Å²) in [5, 5.41) is 0. The van der Waals surface area contributed by atoms with Crippen molar-refractivity contribution < 1.29 is 28.6 Å². The highest BCUT2D eigenvalue weighted by Gasteiger charge is 2.60. The molecule has 7 unspecified atom stereocenters. The van der Waals surface area contributed by atoms with Crippen LogP contribution >= 0.6 is 0 Å². The Hall–Kier alpha value is -2.11. The molecule has 1 saturated carbocycles. The second kappa shape index (κ2) is 9.40. The van der Waals surface area contributed by atoms with Crippen LogP contribution in [0.25, 0.3) is 0 Å². The second-order valence-corrected chi connectivity index (χ2v) is 10.3. The molecule has 6 heteroatoms. The van der Waals surface area contributed by atoms with Gasteiger partial charge in [0.1, 0.15) is 12.2 Å². The van der Waals surface area contributed by atoms with Gasteiger partial charge in [0.25, 0.3) is 0 Å². The lowest BCUT2D eigenvalue weighted by atomic mass is 9.61. The third kappa shape index (κ3) is 4.65. The third-order valence-electron chi connectivity index (χ3n) is 7.96. The zero-order valence-electron chi connectivity index (χ0n) is 20.4. The largest absolute Gasteiger partial charge is 0.458 e. The Kier molecular flexibility index (Phi) is 7.21. The fourth-order valence-corrected chi connectivity index (χ4v) is 6.48. The average molecular weight is 447 g/mol. The van der Waals surface area contributed by atoms with E-state index in [4.69, 9.17) is 14.2 Å². The summed E-state index contributed by atoms with van der Waals surface area (Å²) >= 11 is 0. The summed E-state index contributed by atoms with van der Waals surface area (Å²) < 4.78 is 17.5. The first-order chi connectivity index (χ1) is 15.0. The van der Waals surface area contributed by atoms with E-state index in [0.29, 0.717) is 5.92 Å². The summed E-state index contributed by atoms with van der Waals surface area (Å²) in [6, 6.07) is 0. The molecule has 0 radical (unpaired) electrons. The van der Waals surface area contributed by atoms with Gasteiger partial charge in [-0.3, -0.25) is 14.4 Å². The van der Waals surface area contributed by atoms with E-state index in [2.05, 4.69) is 27.4 Å². The Bertz CT molecular complexity index is 826. The molecule has 0 saturated heterocycles. The van der Waals surface area contributed by atoms with Gasteiger partial charge in [-0.25, -0.2) is 0 Å². The topological polar surface area (TPSA) is 78.9 Å². The first kappa shape index (κ1) is 24.5. The number of carbonyl (C=O) groups excluding carboxylic acids is 3. The predicted molar refractivity (Wildman–Crippen MR) is 120 cm³/mol. The Balaban J connectivity index is 2.14. The quantitative estimate of drug-likeness (QED) is 0.348. The van der Waals surface area contributed by atoms with Crippen LogP contribution in [0.1, 0.15) is 80.1 Å². The molecule has 3 aliphatic rings. The number of rotatable bonds is 3. The summed E-state index contributed by atoms with van der Waals surface area (Å²) in [4.78, 5) is 36.0. The van der Waals surface area contributed by atoms with Crippen molar-refractivity contribution >= 4 is 17.9 Å². The third-order valence-corrected chi connectivity index (χ3v) is 7.96. The lowest BCUT2D eigenvalue weighted by Crippen LogP contribution is -2.53. The van der Waals surface area contributed by atoms with Gasteiger partial charge in [-0.05, 0) is 74.3 Å². The molecule has 0 aliphatic heterocycles. The molecule has 0 aromatic rings. The molecule has 0 N–H and O–H groups in total. The van der Waals surface area contributed by atoms with E-state index in [0.717, 1.165) is 49.7 Å². The predicted octanol–water partition coefficient (Wildman–Crippen LogP) is 4.91. The van der Waals surface area contributed by atoms with Crippen molar-refractivity contribution in [3.63, 3.8) is 0 Å². The minimum atomic E-state index is -0.568. The van der Waals surface area contributed by atoms with E-state index < -0.39 is 17.6 Å². The van der Waals surface area contributed by atoms with Crippen molar-refractivity contribution in [3.05, 3.63) is 23.3 Å². The molecule has 1 fully saturated rings. The lowest BCUT2D eigenvalue weighted by Gasteiger charge is -2.49. The molecule has 0 aromatic heterocycles. The zero-order chi connectivity index (χ0) is 23.8. The van der Waals surface area contributed by atoms with Crippen LogP contribution in [0, 0.1) is 23.2 Å². The molecule has 3 rings (SSSR count). The summed E-state index contributed by atoms with van der Waals surface area (Å²) in [6.45, 7) is 15.2. The Morgan fingerprint density at radius 3 is 2.16 bits per heavy atom. The highest BCUT2D eigenvalue weighted by molar-refractivity contribution is 5.68. The SMILES string of the molecule is C=C1C(OC(C)=O)CCC(C)CCC2=C(C)C3C1CCC3(C)C(OC(C)=O)C2OC(C)=O. The highest BCUT2D eigenvalue weighted by atomic mass is 16.6. The number of esters is 3. The van der Waals surface area contributed by atoms with Crippen LogP contribution in [0.5, 0.6) is 0 Å². The van der Waals surface area contributed by atoms with Gasteiger partial charge in [0, 0.05) is 26.2 Å². The van der Waals surface area contributed by atoms with Crippen LogP contribution in [0.4, 0.5) is 0 Å². The van der Waals surface area contributed by atoms with E-state index in [1.165, 1.54) is 26.3 Å². The number of allylic oxidation sites excluding steroid dienone is 1. The first-order valence-electron chi connectivity index (χ1n) is 11.9. The van der Waals surface area contributed by atoms with E-state index in [9.17, 15) is 14.4 Å². The second-order valence-electron chi connectivity index (χ2n) is 10.3. The van der Waals surface area contributed by atoms with Crippen LogP contribution in [0.15, 0.2) is 23.3 Å². The molecular formula is C26H38O6. The van der Waals surface area contributed by atoms with Gasteiger partial charge in [-0.15, -0.1) is 0 Å². The van der Waals surface area contributed by atoms with Gasteiger partial charge >= 0.3 is 17.9 Å². The minimum Gasteiger partial charge on any atom is -0.458 e. The standard InChI is InChI=1S/C26H38O6/c1-14-8-10-21-16(3)23-20(15(2)22(11-9-14)30-17(4)27)12-13-26(23,7)25(32-19(6)29)24(21)31-18(5)28/h14,20,22-25H,2,8-13H2,1,3-7H3. The minimum absolute atomic E-state index is 0.0904. The maximum absolute atomic E-state index is 12.1. The average Bonchev–Trinajstić information content (AvgIpc) is 3.04. The molecule has 3 aliphatic carbocycles. The van der Waals surface area contributed by atoms with Crippen molar-refractivity contribution in [3.8, 4) is 0 Å². The molecule has 6 nitrogen and oxygen atoms in total. The molecule has 7 atom stereocenters. The van der Waals surface area contributed by atoms with Crippen molar-refractivity contribution in [2.24, 2.45) is 23.2 Å². The fourth-order valence-electron chi connectivity index (χ4n) is 6.48. The van der Waals surface area contributed by atoms with Gasteiger partial charge in [-0.2, -0.15) is 0 Å². The van der Waals surface area contributed by atoms with Crippen LogP contribution in [0.2, 0.25) is 0 Å². The lowest BCUT2D eigenvalue weighted by molar-refractivity contribution is -0.177. The molecule has 0 spiro atoms.